The van der Waals surface area contributed by atoms with Crippen LogP contribution in [0.15, 0.2) is 18.2 Å². The van der Waals surface area contributed by atoms with E-state index in [9.17, 15) is 18.8 Å². The highest BCUT2D eigenvalue weighted by Gasteiger charge is 2.30. The van der Waals surface area contributed by atoms with Crippen molar-refractivity contribution in [3.05, 3.63) is 29.6 Å². The van der Waals surface area contributed by atoms with Crippen molar-refractivity contribution in [1.82, 2.24) is 0 Å². The van der Waals surface area contributed by atoms with E-state index in [2.05, 4.69) is 5.32 Å². The summed E-state index contributed by atoms with van der Waals surface area (Å²) in [6.45, 7) is 2.78. The summed E-state index contributed by atoms with van der Waals surface area (Å²) < 4.78 is 13.2. The van der Waals surface area contributed by atoms with Gasteiger partial charge >= 0.3 is 11.9 Å². The van der Waals surface area contributed by atoms with Crippen LogP contribution in [0, 0.1) is 11.2 Å². The van der Waals surface area contributed by atoms with Gasteiger partial charge in [-0.3, -0.25) is 9.59 Å². The second kappa shape index (κ2) is 5.68. The molecule has 108 valence electrons. The Labute approximate surface area is 114 Å². The summed E-state index contributed by atoms with van der Waals surface area (Å²) in [5, 5.41) is 20.0. The van der Waals surface area contributed by atoms with Crippen LogP contribution >= 0.6 is 0 Å². The third-order valence-corrected chi connectivity index (χ3v) is 2.66. The van der Waals surface area contributed by atoms with Gasteiger partial charge in [0.25, 0.3) is 0 Å². The van der Waals surface area contributed by atoms with Gasteiger partial charge in [-0.05, 0) is 32.0 Å². The quantitative estimate of drug-likeness (QED) is 0.766. The molecule has 7 heteroatoms. The van der Waals surface area contributed by atoms with Gasteiger partial charge in [0.05, 0.1) is 11.0 Å². The summed E-state index contributed by atoms with van der Waals surface area (Å²) in [6, 6.07) is 3.10. The number of aliphatic carboxylic acids is 1. The van der Waals surface area contributed by atoms with E-state index in [0.717, 1.165) is 12.1 Å². The Balaban J connectivity index is 2.84. The van der Waals surface area contributed by atoms with E-state index in [-0.39, 0.29) is 12.1 Å². The molecule has 1 aromatic rings. The lowest BCUT2D eigenvalue weighted by Crippen LogP contribution is -2.29. The van der Waals surface area contributed by atoms with Crippen molar-refractivity contribution in [2.24, 2.45) is 5.41 Å². The zero-order valence-corrected chi connectivity index (χ0v) is 10.9. The Bertz CT molecular complexity index is 568. The minimum atomic E-state index is -1.45. The highest BCUT2D eigenvalue weighted by atomic mass is 19.1. The molecule has 6 nitrogen and oxygen atoms in total. The minimum Gasteiger partial charge on any atom is -0.481 e. The minimum absolute atomic E-state index is 0.0926. The van der Waals surface area contributed by atoms with Crippen LogP contribution in [0.3, 0.4) is 0 Å². The Hall–Kier alpha value is -2.44. The van der Waals surface area contributed by atoms with E-state index in [1.807, 2.05) is 0 Å². The maximum Gasteiger partial charge on any atom is 0.338 e. The lowest BCUT2D eigenvalue weighted by atomic mass is 9.89. The fraction of sp³-hybridized carbons (Fsp3) is 0.308. The molecule has 0 saturated heterocycles. The maximum absolute atomic E-state index is 13.2. The first kappa shape index (κ1) is 15.6. The number of anilines is 1. The lowest BCUT2D eigenvalue weighted by molar-refractivity contribution is -0.148. The highest BCUT2D eigenvalue weighted by Crippen LogP contribution is 2.22. The van der Waals surface area contributed by atoms with Crippen molar-refractivity contribution >= 4 is 23.5 Å². The molecule has 0 bridgehead atoms. The fourth-order valence-electron chi connectivity index (χ4n) is 1.45. The molecule has 0 unspecified atom stereocenters. The largest absolute Gasteiger partial charge is 0.481 e. The number of hydrogen-bond donors (Lipinski definition) is 3. The van der Waals surface area contributed by atoms with Crippen LogP contribution in [0.25, 0.3) is 0 Å². The number of nitrogens with one attached hydrogen (secondary N) is 1. The first-order valence-electron chi connectivity index (χ1n) is 5.69. The van der Waals surface area contributed by atoms with Gasteiger partial charge < -0.3 is 15.5 Å². The number of carbonyl (C=O) groups is 3. The smallest absolute Gasteiger partial charge is 0.338 e. The molecule has 0 atom stereocenters. The summed E-state index contributed by atoms with van der Waals surface area (Å²) in [7, 11) is 0. The molecule has 0 spiro atoms. The number of benzene rings is 1. The zero-order chi connectivity index (χ0) is 15.5. The molecule has 0 heterocycles. The van der Waals surface area contributed by atoms with Crippen LogP contribution in [0.2, 0.25) is 0 Å². The molecule has 0 aromatic heterocycles. The van der Waals surface area contributed by atoms with Crippen LogP contribution in [0.1, 0.15) is 30.6 Å². The lowest BCUT2D eigenvalue weighted by Gasteiger charge is -2.18. The van der Waals surface area contributed by atoms with E-state index in [1.165, 1.54) is 19.9 Å². The van der Waals surface area contributed by atoms with Crippen LogP contribution in [-0.2, 0) is 9.59 Å². The molecule has 3 N–H and O–H groups in total. The number of aromatic carboxylic acids is 1. The van der Waals surface area contributed by atoms with Crippen molar-refractivity contribution < 1.29 is 29.0 Å². The number of carboxylic acids is 2. The standard InChI is InChI=1S/C13H14FNO5/c1-13(2,12(19)20)6-10(16)15-7-3-4-9(14)8(5-7)11(17)18/h3-5H,6H2,1-2H3,(H,15,16)(H,17,18)(H,19,20). The highest BCUT2D eigenvalue weighted by molar-refractivity contribution is 5.96. The van der Waals surface area contributed by atoms with Crippen LogP contribution in [0.5, 0.6) is 0 Å². The molecule has 0 aliphatic heterocycles. The normalized spacial score (nSPS) is 10.9. The average molecular weight is 283 g/mol. The first-order valence-corrected chi connectivity index (χ1v) is 5.69. The van der Waals surface area contributed by atoms with Crippen molar-refractivity contribution in [3.63, 3.8) is 0 Å². The molecule has 0 radical (unpaired) electrons. The molecular weight excluding hydrogens is 269 g/mol. The molecule has 0 saturated carbocycles. The van der Waals surface area contributed by atoms with Gasteiger partial charge in [0, 0.05) is 12.1 Å². The zero-order valence-electron chi connectivity index (χ0n) is 10.9. The Morgan fingerprint density at radius 1 is 1.25 bits per heavy atom. The van der Waals surface area contributed by atoms with Crippen LogP contribution in [0.4, 0.5) is 10.1 Å². The second-order valence-corrected chi connectivity index (χ2v) is 4.91. The summed E-state index contributed by atoms with van der Waals surface area (Å²) in [5.74, 6) is -4.09. The predicted octanol–water partition coefficient (Wildman–Crippen LogP) is 1.96. The third kappa shape index (κ3) is 3.78. The van der Waals surface area contributed by atoms with E-state index in [1.54, 1.807) is 0 Å². The van der Waals surface area contributed by atoms with Crippen molar-refractivity contribution in [2.45, 2.75) is 20.3 Å². The SMILES string of the molecule is CC(C)(CC(=O)Nc1ccc(F)c(C(=O)O)c1)C(=O)O. The monoisotopic (exact) mass is 283 g/mol. The van der Waals surface area contributed by atoms with Crippen molar-refractivity contribution in [1.29, 1.82) is 0 Å². The molecule has 1 aromatic carbocycles. The molecule has 20 heavy (non-hydrogen) atoms. The van der Waals surface area contributed by atoms with Crippen molar-refractivity contribution in [2.75, 3.05) is 5.32 Å². The van der Waals surface area contributed by atoms with Gasteiger partial charge in [-0.25, -0.2) is 9.18 Å². The molecule has 1 amide bonds. The molecule has 0 aliphatic carbocycles. The van der Waals surface area contributed by atoms with Crippen LogP contribution < -0.4 is 5.32 Å². The van der Waals surface area contributed by atoms with Gasteiger partial charge in [-0.2, -0.15) is 0 Å². The predicted molar refractivity (Wildman–Crippen MR) is 68.0 cm³/mol. The van der Waals surface area contributed by atoms with Gasteiger partial charge in [0.1, 0.15) is 5.82 Å². The number of carbonyl (C=O) groups excluding carboxylic acids is 1. The van der Waals surface area contributed by atoms with Gasteiger partial charge in [-0.1, -0.05) is 0 Å². The molecule has 0 fully saturated rings. The number of carboxylic acid groups (broad SMARTS) is 2. The average Bonchev–Trinajstić information content (AvgIpc) is 2.30. The van der Waals surface area contributed by atoms with Crippen molar-refractivity contribution in [3.8, 4) is 0 Å². The number of hydrogen-bond acceptors (Lipinski definition) is 3. The third-order valence-electron chi connectivity index (χ3n) is 2.66. The van der Waals surface area contributed by atoms with Crippen LogP contribution in [-0.4, -0.2) is 28.1 Å². The van der Waals surface area contributed by atoms with Gasteiger partial charge in [0.15, 0.2) is 0 Å². The number of amides is 1. The Morgan fingerprint density at radius 3 is 2.35 bits per heavy atom. The maximum atomic E-state index is 13.2. The fourth-order valence-corrected chi connectivity index (χ4v) is 1.45. The molecule has 1 rings (SSSR count). The molecular formula is C13H14FNO5. The Morgan fingerprint density at radius 2 is 1.85 bits per heavy atom. The molecule has 0 aliphatic rings. The van der Waals surface area contributed by atoms with Gasteiger partial charge in [0.2, 0.25) is 5.91 Å². The topological polar surface area (TPSA) is 104 Å². The van der Waals surface area contributed by atoms with E-state index >= 15 is 0 Å². The number of halogens is 1. The summed E-state index contributed by atoms with van der Waals surface area (Å²) in [6.07, 6.45) is -0.290. The Kier molecular flexibility index (Phi) is 4.44. The van der Waals surface area contributed by atoms with E-state index in [4.69, 9.17) is 10.2 Å². The second-order valence-electron chi connectivity index (χ2n) is 4.91. The van der Waals surface area contributed by atoms with E-state index in [0.29, 0.717) is 0 Å². The summed E-state index contributed by atoms with van der Waals surface area (Å²) >= 11 is 0. The first-order chi connectivity index (χ1) is 9.13. The number of rotatable bonds is 5. The van der Waals surface area contributed by atoms with Gasteiger partial charge in [-0.15, -0.1) is 0 Å². The van der Waals surface area contributed by atoms with E-state index < -0.39 is 34.6 Å². The summed E-state index contributed by atoms with van der Waals surface area (Å²) in [4.78, 5) is 33.3. The summed E-state index contributed by atoms with van der Waals surface area (Å²) in [5.41, 5.74) is -1.73.